The van der Waals surface area contributed by atoms with Gasteiger partial charge in [-0.15, -0.1) is 0 Å². The van der Waals surface area contributed by atoms with Crippen LogP contribution in [0.1, 0.15) is 29.6 Å². The summed E-state index contributed by atoms with van der Waals surface area (Å²) in [5, 5.41) is 5.13. The lowest BCUT2D eigenvalue weighted by molar-refractivity contribution is 0.477. The van der Waals surface area contributed by atoms with E-state index in [1.807, 2.05) is 48.5 Å². The minimum atomic E-state index is 0.100. The fourth-order valence-corrected chi connectivity index (χ4v) is 4.32. The van der Waals surface area contributed by atoms with Gasteiger partial charge in [-0.05, 0) is 47.9 Å². The third-order valence-electron chi connectivity index (χ3n) is 5.21. The molecule has 5 heteroatoms. The number of fused-ring (bicyclic) bond motifs is 3. The molecule has 0 bridgehead atoms. The van der Waals surface area contributed by atoms with Gasteiger partial charge >= 0.3 is 0 Å². The maximum atomic E-state index is 6.59. The fourth-order valence-electron chi connectivity index (χ4n) is 3.93. The number of nitrogens with one attached hydrogen (secondary N) is 1. The highest BCUT2D eigenvalue weighted by Crippen LogP contribution is 2.42. The van der Waals surface area contributed by atoms with Crippen molar-refractivity contribution in [1.29, 1.82) is 0 Å². The molecule has 0 unspecified atom stereocenters. The van der Waals surface area contributed by atoms with Gasteiger partial charge in [-0.2, -0.15) is 0 Å². The van der Waals surface area contributed by atoms with Crippen LogP contribution in [0.2, 0.25) is 10.0 Å². The maximum absolute atomic E-state index is 6.59. The topological polar surface area (TPSA) is 29.9 Å². The minimum Gasteiger partial charge on any atom is -0.349 e. The summed E-state index contributed by atoms with van der Waals surface area (Å²) in [5.74, 6) is 0.868. The summed E-state index contributed by atoms with van der Waals surface area (Å²) in [7, 11) is 0. The summed E-state index contributed by atoms with van der Waals surface area (Å²) < 4.78 is 2.27. The zero-order valence-corrected chi connectivity index (χ0v) is 16.0. The number of aromatic nitrogens is 2. The second-order valence-corrected chi connectivity index (χ2v) is 7.66. The highest BCUT2D eigenvalue weighted by Gasteiger charge is 2.31. The number of hydrogen-bond donors (Lipinski definition) is 1. The smallest absolute Gasteiger partial charge is 0.204 e. The molecule has 0 saturated carbocycles. The van der Waals surface area contributed by atoms with Gasteiger partial charge < -0.3 is 9.88 Å². The van der Waals surface area contributed by atoms with Crippen molar-refractivity contribution in [1.82, 2.24) is 9.55 Å². The number of benzene rings is 3. The van der Waals surface area contributed by atoms with E-state index in [-0.39, 0.29) is 12.1 Å². The quantitative estimate of drug-likeness (QED) is 0.421. The zero-order valence-electron chi connectivity index (χ0n) is 14.4. The number of anilines is 1. The lowest BCUT2D eigenvalue weighted by atomic mass is 9.93. The molecule has 0 spiro atoms. The summed E-state index contributed by atoms with van der Waals surface area (Å²) in [4.78, 5) is 4.83. The first-order valence-corrected chi connectivity index (χ1v) is 9.70. The molecule has 0 aliphatic carbocycles. The predicted octanol–water partition coefficient (Wildman–Crippen LogP) is 6.49. The molecule has 134 valence electrons. The van der Waals surface area contributed by atoms with Crippen molar-refractivity contribution in [3.63, 3.8) is 0 Å². The predicted molar refractivity (Wildman–Crippen MR) is 112 cm³/mol. The summed E-state index contributed by atoms with van der Waals surface area (Å²) in [6.45, 7) is 0. The Morgan fingerprint density at radius 2 is 1.63 bits per heavy atom. The van der Waals surface area contributed by atoms with Gasteiger partial charge in [0.25, 0.3) is 0 Å². The molecule has 1 aliphatic heterocycles. The minimum absolute atomic E-state index is 0.100. The Morgan fingerprint density at radius 1 is 0.889 bits per heavy atom. The fraction of sp³-hybridized carbons (Fsp3) is 0.136. The number of nitrogens with zero attached hydrogens (tertiary/aromatic N) is 2. The van der Waals surface area contributed by atoms with Crippen LogP contribution in [0.25, 0.3) is 11.0 Å². The van der Waals surface area contributed by atoms with E-state index in [4.69, 9.17) is 28.2 Å². The number of halogens is 2. The maximum Gasteiger partial charge on any atom is 0.204 e. The first kappa shape index (κ1) is 16.7. The lowest BCUT2D eigenvalue weighted by Crippen LogP contribution is -2.27. The third-order valence-corrected chi connectivity index (χ3v) is 5.80. The van der Waals surface area contributed by atoms with E-state index in [2.05, 4.69) is 34.1 Å². The summed E-state index contributed by atoms with van der Waals surface area (Å²) in [6.07, 6.45) is 0.874. The van der Waals surface area contributed by atoms with Crippen LogP contribution in [0.4, 0.5) is 5.95 Å². The lowest BCUT2D eigenvalue weighted by Gasteiger charge is -2.34. The molecule has 2 atom stereocenters. The Morgan fingerprint density at radius 3 is 2.44 bits per heavy atom. The van der Waals surface area contributed by atoms with Gasteiger partial charge in [0.2, 0.25) is 5.95 Å². The van der Waals surface area contributed by atoms with E-state index in [1.165, 1.54) is 5.56 Å². The van der Waals surface area contributed by atoms with E-state index in [1.54, 1.807) is 0 Å². The molecule has 5 rings (SSSR count). The average molecular weight is 394 g/mol. The van der Waals surface area contributed by atoms with Crippen LogP contribution in [-0.4, -0.2) is 9.55 Å². The highest BCUT2D eigenvalue weighted by atomic mass is 35.5. The first-order valence-electron chi connectivity index (χ1n) is 8.94. The van der Waals surface area contributed by atoms with Gasteiger partial charge in [0, 0.05) is 10.0 Å². The van der Waals surface area contributed by atoms with Crippen molar-refractivity contribution in [3.05, 3.63) is 94.0 Å². The van der Waals surface area contributed by atoms with Gasteiger partial charge in [0.05, 0.1) is 23.1 Å². The molecule has 3 nitrogen and oxygen atoms in total. The number of hydrogen-bond acceptors (Lipinski definition) is 2. The van der Waals surface area contributed by atoms with Crippen LogP contribution < -0.4 is 5.32 Å². The molecule has 3 aromatic carbocycles. The molecule has 27 heavy (non-hydrogen) atoms. The van der Waals surface area contributed by atoms with Crippen LogP contribution in [0.3, 0.4) is 0 Å². The van der Waals surface area contributed by atoms with Crippen molar-refractivity contribution in [2.45, 2.75) is 18.5 Å². The normalized spacial score (nSPS) is 18.9. The Bertz CT molecular complexity index is 1120. The molecular weight excluding hydrogens is 377 g/mol. The van der Waals surface area contributed by atoms with Crippen molar-refractivity contribution in [2.75, 3.05) is 5.32 Å². The van der Waals surface area contributed by atoms with Gasteiger partial charge in [-0.1, -0.05) is 65.7 Å². The van der Waals surface area contributed by atoms with E-state index >= 15 is 0 Å². The second-order valence-electron chi connectivity index (χ2n) is 6.82. The van der Waals surface area contributed by atoms with Crippen molar-refractivity contribution in [3.8, 4) is 0 Å². The third kappa shape index (κ3) is 2.88. The van der Waals surface area contributed by atoms with Gasteiger partial charge in [-0.3, -0.25) is 0 Å². The average Bonchev–Trinajstić information content (AvgIpc) is 3.07. The molecule has 4 aromatic rings. The summed E-state index contributed by atoms with van der Waals surface area (Å²) in [6, 6.07) is 24.5. The van der Waals surface area contributed by atoms with Gasteiger partial charge in [0.15, 0.2) is 0 Å². The molecule has 2 heterocycles. The van der Waals surface area contributed by atoms with Crippen LogP contribution in [0.15, 0.2) is 72.8 Å². The Balaban J connectivity index is 1.68. The number of para-hydroxylation sites is 2. The SMILES string of the molecule is Clc1ccc([C@@H]2C[C@H](c3ccccc3Cl)n3c(nc4ccccc43)N2)cc1. The van der Waals surface area contributed by atoms with Crippen LogP contribution >= 0.6 is 23.2 Å². The van der Waals surface area contributed by atoms with E-state index in [9.17, 15) is 0 Å². The molecule has 0 fully saturated rings. The van der Waals surface area contributed by atoms with Crippen LogP contribution in [0, 0.1) is 0 Å². The molecule has 0 saturated heterocycles. The molecule has 1 aliphatic rings. The molecule has 0 radical (unpaired) electrons. The van der Waals surface area contributed by atoms with Crippen molar-refractivity contribution < 1.29 is 0 Å². The van der Waals surface area contributed by atoms with Gasteiger partial charge in [-0.25, -0.2) is 4.98 Å². The number of imidazole rings is 1. The zero-order chi connectivity index (χ0) is 18.4. The summed E-state index contributed by atoms with van der Waals surface area (Å²) >= 11 is 12.7. The van der Waals surface area contributed by atoms with Gasteiger partial charge in [0.1, 0.15) is 0 Å². The first-order chi connectivity index (χ1) is 13.2. The number of rotatable bonds is 2. The Kier molecular flexibility index (Phi) is 4.07. The molecule has 1 N–H and O–H groups in total. The standard InChI is InChI=1S/C22H17Cl2N3/c23-15-11-9-14(10-12-15)19-13-21(16-5-1-2-6-17(16)24)27-20-8-4-3-7-18(20)25-22(27)26-19/h1-12,19,21H,13H2,(H,25,26)/t19-,21+/m0/s1. The Labute approximate surface area is 167 Å². The monoisotopic (exact) mass is 393 g/mol. The molecule has 1 aromatic heterocycles. The molecule has 0 amide bonds. The Hall–Kier alpha value is -2.49. The summed E-state index contributed by atoms with van der Waals surface area (Å²) in [5.41, 5.74) is 4.40. The van der Waals surface area contributed by atoms with Crippen molar-refractivity contribution >= 4 is 40.2 Å². The van der Waals surface area contributed by atoms with E-state index in [0.29, 0.717) is 0 Å². The van der Waals surface area contributed by atoms with Crippen LogP contribution in [0.5, 0.6) is 0 Å². The second kappa shape index (κ2) is 6.59. The largest absolute Gasteiger partial charge is 0.349 e. The van der Waals surface area contributed by atoms with E-state index in [0.717, 1.165) is 39.0 Å². The van der Waals surface area contributed by atoms with Crippen LogP contribution in [-0.2, 0) is 0 Å². The molecular formula is C22H17Cl2N3. The van der Waals surface area contributed by atoms with Crippen molar-refractivity contribution in [2.24, 2.45) is 0 Å². The van der Waals surface area contributed by atoms with E-state index < -0.39 is 0 Å². The highest BCUT2D eigenvalue weighted by molar-refractivity contribution is 6.31.